The van der Waals surface area contributed by atoms with Crippen LogP contribution in [0.15, 0.2) is 36.4 Å². The first-order chi connectivity index (χ1) is 7.65. The number of hydrogen-bond donors (Lipinski definition) is 1. The minimum absolute atomic E-state index is 0.348. The van der Waals surface area contributed by atoms with Gasteiger partial charge >= 0.3 is 0 Å². The molecule has 1 atom stereocenters. The summed E-state index contributed by atoms with van der Waals surface area (Å²) in [5.74, 6) is 0. The van der Waals surface area contributed by atoms with Gasteiger partial charge in [0.05, 0.1) is 0 Å². The molecule has 0 aromatic heterocycles. The average Bonchev–Trinajstić information content (AvgIpc) is 2.28. The summed E-state index contributed by atoms with van der Waals surface area (Å²) in [5.41, 5.74) is 6.63. The standard InChI is InChI=1S/C13H19ClN2/c1-11(16(2)9-4-3-8-15)12-6-5-7-13(14)10-12/h3-7,10-11H,8-9,15H2,1-2H3. The van der Waals surface area contributed by atoms with Crippen molar-refractivity contribution < 1.29 is 0 Å². The normalized spacial score (nSPS) is 13.6. The van der Waals surface area contributed by atoms with Crippen molar-refractivity contribution in [2.24, 2.45) is 5.73 Å². The fraction of sp³-hybridized carbons (Fsp3) is 0.385. The first kappa shape index (κ1) is 13.2. The zero-order valence-corrected chi connectivity index (χ0v) is 10.6. The van der Waals surface area contributed by atoms with Gasteiger partial charge in [0.1, 0.15) is 0 Å². The molecule has 2 N–H and O–H groups in total. The number of benzene rings is 1. The monoisotopic (exact) mass is 238 g/mol. The smallest absolute Gasteiger partial charge is 0.0409 e. The fourth-order valence-corrected chi connectivity index (χ4v) is 1.71. The number of hydrogen-bond acceptors (Lipinski definition) is 2. The van der Waals surface area contributed by atoms with E-state index < -0.39 is 0 Å². The molecule has 0 radical (unpaired) electrons. The molecule has 0 spiro atoms. The molecule has 0 aliphatic rings. The number of nitrogens with two attached hydrogens (primary N) is 1. The third kappa shape index (κ3) is 3.97. The van der Waals surface area contributed by atoms with Gasteiger partial charge in [0.2, 0.25) is 0 Å². The molecule has 88 valence electrons. The highest BCUT2D eigenvalue weighted by atomic mass is 35.5. The van der Waals surface area contributed by atoms with E-state index in [2.05, 4.69) is 31.0 Å². The molecule has 1 unspecified atom stereocenters. The predicted octanol–water partition coefficient (Wildman–Crippen LogP) is 2.85. The third-order valence-electron chi connectivity index (χ3n) is 2.69. The molecule has 1 rings (SSSR count). The summed E-state index contributed by atoms with van der Waals surface area (Å²) in [6, 6.07) is 8.33. The van der Waals surface area contributed by atoms with Crippen molar-refractivity contribution >= 4 is 11.6 Å². The largest absolute Gasteiger partial charge is 0.327 e. The maximum Gasteiger partial charge on any atom is 0.0409 e. The first-order valence-electron chi connectivity index (χ1n) is 5.46. The van der Waals surface area contributed by atoms with Crippen molar-refractivity contribution in [1.82, 2.24) is 4.90 Å². The molecule has 0 heterocycles. The third-order valence-corrected chi connectivity index (χ3v) is 2.92. The maximum absolute atomic E-state index is 5.97. The van der Waals surface area contributed by atoms with Crippen molar-refractivity contribution in [2.45, 2.75) is 13.0 Å². The van der Waals surface area contributed by atoms with Gasteiger partial charge < -0.3 is 5.73 Å². The zero-order valence-electron chi connectivity index (χ0n) is 9.86. The first-order valence-corrected chi connectivity index (χ1v) is 5.83. The Morgan fingerprint density at radius 3 is 2.81 bits per heavy atom. The predicted molar refractivity (Wildman–Crippen MR) is 70.7 cm³/mol. The molecule has 0 amide bonds. The topological polar surface area (TPSA) is 29.3 Å². The molecule has 16 heavy (non-hydrogen) atoms. The summed E-state index contributed by atoms with van der Waals surface area (Å²) in [7, 11) is 2.09. The lowest BCUT2D eigenvalue weighted by Crippen LogP contribution is -2.22. The van der Waals surface area contributed by atoms with Crippen molar-refractivity contribution in [3.8, 4) is 0 Å². The molecule has 0 aliphatic heterocycles. The highest BCUT2D eigenvalue weighted by Gasteiger charge is 2.09. The number of nitrogens with zero attached hydrogens (tertiary/aromatic N) is 1. The Balaban J connectivity index is 2.62. The summed E-state index contributed by atoms with van der Waals surface area (Å²) in [5, 5.41) is 0.787. The van der Waals surface area contributed by atoms with E-state index in [4.69, 9.17) is 17.3 Å². The maximum atomic E-state index is 5.97. The van der Waals surface area contributed by atoms with Crippen LogP contribution in [0.4, 0.5) is 0 Å². The molecule has 0 fully saturated rings. The van der Waals surface area contributed by atoms with E-state index in [9.17, 15) is 0 Å². The summed E-state index contributed by atoms with van der Waals surface area (Å²) in [6.07, 6.45) is 4.06. The summed E-state index contributed by atoms with van der Waals surface area (Å²) >= 11 is 5.97. The van der Waals surface area contributed by atoms with Gasteiger partial charge in [-0.25, -0.2) is 0 Å². The molecule has 2 nitrogen and oxygen atoms in total. The Labute approximate surface area is 103 Å². The van der Waals surface area contributed by atoms with Crippen molar-refractivity contribution in [2.75, 3.05) is 20.1 Å². The number of rotatable bonds is 5. The number of halogens is 1. The van der Waals surface area contributed by atoms with Crippen LogP contribution in [-0.2, 0) is 0 Å². The lowest BCUT2D eigenvalue weighted by atomic mass is 10.1. The van der Waals surface area contributed by atoms with Crippen LogP contribution in [0.25, 0.3) is 0 Å². The van der Waals surface area contributed by atoms with Gasteiger partial charge in [-0.05, 0) is 31.7 Å². The van der Waals surface area contributed by atoms with Gasteiger partial charge in [-0.3, -0.25) is 4.90 Å². The fourth-order valence-electron chi connectivity index (χ4n) is 1.52. The SMILES string of the molecule is CC(c1cccc(Cl)c1)N(C)CC=CCN. The van der Waals surface area contributed by atoms with Gasteiger partial charge in [-0.2, -0.15) is 0 Å². The van der Waals surface area contributed by atoms with E-state index in [1.807, 2.05) is 24.3 Å². The lowest BCUT2D eigenvalue weighted by Gasteiger charge is -2.23. The molecular formula is C13H19ClN2. The molecule has 1 aromatic rings. The van der Waals surface area contributed by atoms with Crippen molar-refractivity contribution in [1.29, 1.82) is 0 Å². The molecule has 0 saturated heterocycles. The van der Waals surface area contributed by atoms with E-state index >= 15 is 0 Å². The van der Waals surface area contributed by atoms with Crippen LogP contribution in [0.3, 0.4) is 0 Å². The quantitative estimate of drug-likeness (QED) is 0.800. The summed E-state index contributed by atoms with van der Waals surface area (Å²) in [6.45, 7) is 3.66. The van der Waals surface area contributed by atoms with Crippen LogP contribution >= 0.6 is 11.6 Å². The Hall–Kier alpha value is -0.830. The molecule has 1 aromatic carbocycles. The van der Waals surface area contributed by atoms with Gasteiger partial charge in [-0.15, -0.1) is 0 Å². The van der Waals surface area contributed by atoms with Gasteiger partial charge in [0.15, 0.2) is 0 Å². The average molecular weight is 239 g/mol. The van der Waals surface area contributed by atoms with Crippen LogP contribution in [0, 0.1) is 0 Å². The Kier molecular flexibility index (Phi) is 5.53. The second-order valence-electron chi connectivity index (χ2n) is 3.88. The van der Waals surface area contributed by atoms with E-state index in [0.29, 0.717) is 12.6 Å². The van der Waals surface area contributed by atoms with Crippen molar-refractivity contribution in [3.63, 3.8) is 0 Å². The highest BCUT2D eigenvalue weighted by molar-refractivity contribution is 6.30. The molecular weight excluding hydrogens is 220 g/mol. The minimum atomic E-state index is 0.348. The van der Waals surface area contributed by atoms with Gasteiger partial charge in [-0.1, -0.05) is 35.9 Å². The Morgan fingerprint density at radius 2 is 2.19 bits per heavy atom. The molecule has 0 aliphatic carbocycles. The minimum Gasteiger partial charge on any atom is -0.327 e. The van der Waals surface area contributed by atoms with Crippen LogP contribution in [0.2, 0.25) is 5.02 Å². The second kappa shape index (κ2) is 6.69. The summed E-state index contributed by atoms with van der Waals surface area (Å²) in [4.78, 5) is 2.25. The van der Waals surface area contributed by atoms with Gasteiger partial charge in [0.25, 0.3) is 0 Å². The van der Waals surface area contributed by atoms with E-state index in [1.165, 1.54) is 5.56 Å². The van der Waals surface area contributed by atoms with Crippen molar-refractivity contribution in [3.05, 3.63) is 47.0 Å². The van der Waals surface area contributed by atoms with Crippen LogP contribution < -0.4 is 5.73 Å². The summed E-state index contributed by atoms with van der Waals surface area (Å²) < 4.78 is 0. The van der Waals surface area contributed by atoms with Gasteiger partial charge in [0, 0.05) is 24.2 Å². The zero-order chi connectivity index (χ0) is 12.0. The van der Waals surface area contributed by atoms with Crippen LogP contribution in [0.1, 0.15) is 18.5 Å². The lowest BCUT2D eigenvalue weighted by molar-refractivity contribution is 0.289. The highest BCUT2D eigenvalue weighted by Crippen LogP contribution is 2.21. The van der Waals surface area contributed by atoms with E-state index in [0.717, 1.165) is 11.6 Å². The van der Waals surface area contributed by atoms with E-state index in [-0.39, 0.29) is 0 Å². The molecule has 3 heteroatoms. The van der Waals surface area contributed by atoms with Crippen LogP contribution in [0.5, 0.6) is 0 Å². The Morgan fingerprint density at radius 1 is 1.44 bits per heavy atom. The second-order valence-corrected chi connectivity index (χ2v) is 4.31. The van der Waals surface area contributed by atoms with E-state index in [1.54, 1.807) is 0 Å². The number of likely N-dealkylation sites (N-methyl/N-ethyl adjacent to an activating group) is 1. The Bertz CT molecular complexity index is 350. The molecule has 0 saturated carbocycles. The molecule has 0 bridgehead atoms. The van der Waals surface area contributed by atoms with Crippen LogP contribution in [-0.4, -0.2) is 25.0 Å².